The van der Waals surface area contributed by atoms with E-state index in [9.17, 15) is 9.59 Å². The number of hydrogen-bond acceptors (Lipinski definition) is 4. The molecule has 0 aliphatic rings. The molecule has 0 spiro atoms. The first-order valence-corrected chi connectivity index (χ1v) is 8.33. The number of hydrogen-bond donors (Lipinski definition) is 2. The molecule has 0 aliphatic carbocycles. The fourth-order valence-corrected chi connectivity index (χ4v) is 2.63. The number of carbonyl (C=O) groups is 2. The van der Waals surface area contributed by atoms with E-state index in [4.69, 9.17) is 9.47 Å². The van der Waals surface area contributed by atoms with Crippen molar-refractivity contribution in [3.63, 3.8) is 0 Å². The monoisotopic (exact) mass is 356 g/mol. The summed E-state index contributed by atoms with van der Waals surface area (Å²) >= 11 is 0. The third-order valence-corrected chi connectivity index (χ3v) is 3.94. The Morgan fingerprint density at radius 2 is 1.77 bits per heavy atom. The maximum Gasteiger partial charge on any atom is 0.222 e. The van der Waals surface area contributed by atoms with Crippen molar-refractivity contribution in [3.8, 4) is 11.5 Å². The van der Waals surface area contributed by atoms with Gasteiger partial charge in [0.15, 0.2) is 0 Å². The summed E-state index contributed by atoms with van der Waals surface area (Å²) in [6, 6.07) is 14.5. The highest BCUT2D eigenvalue weighted by Gasteiger charge is 2.17. The lowest BCUT2D eigenvalue weighted by molar-refractivity contribution is -0.122. The quantitative estimate of drug-likeness (QED) is 0.762. The molecular formula is C20H24N2O4. The van der Waals surface area contributed by atoms with Crippen LogP contribution in [-0.2, 0) is 16.1 Å². The van der Waals surface area contributed by atoms with E-state index in [1.54, 1.807) is 20.3 Å². The first-order chi connectivity index (χ1) is 12.5. The highest BCUT2D eigenvalue weighted by molar-refractivity contribution is 5.79. The Hall–Kier alpha value is -3.02. The number of amides is 2. The van der Waals surface area contributed by atoms with Crippen LogP contribution in [0.25, 0.3) is 0 Å². The molecule has 0 saturated heterocycles. The van der Waals surface area contributed by atoms with Crippen molar-refractivity contribution in [2.45, 2.75) is 25.9 Å². The van der Waals surface area contributed by atoms with Crippen LogP contribution < -0.4 is 20.1 Å². The van der Waals surface area contributed by atoms with Crippen LogP contribution in [0.4, 0.5) is 0 Å². The van der Waals surface area contributed by atoms with Gasteiger partial charge in [0.1, 0.15) is 11.5 Å². The summed E-state index contributed by atoms with van der Waals surface area (Å²) < 4.78 is 10.5. The van der Waals surface area contributed by atoms with Crippen molar-refractivity contribution in [2.75, 3.05) is 14.2 Å². The number of rotatable bonds is 8. The van der Waals surface area contributed by atoms with E-state index in [0.29, 0.717) is 18.0 Å². The van der Waals surface area contributed by atoms with Crippen LogP contribution in [0.15, 0.2) is 48.5 Å². The van der Waals surface area contributed by atoms with Gasteiger partial charge in [-0.25, -0.2) is 0 Å². The second-order valence-electron chi connectivity index (χ2n) is 5.82. The highest BCUT2D eigenvalue weighted by Crippen LogP contribution is 2.24. The number of ether oxygens (including phenoxy) is 2. The van der Waals surface area contributed by atoms with Gasteiger partial charge < -0.3 is 20.1 Å². The molecule has 2 aromatic carbocycles. The fourth-order valence-electron chi connectivity index (χ4n) is 2.63. The molecule has 2 N–H and O–H groups in total. The summed E-state index contributed by atoms with van der Waals surface area (Å²) in [5, 5.41) is 5.70. The van der Waals surface area contributed by atoms with Gasteiger partial charge in [-0.3, -0.25) is 9.59 Å². The molecular weight excluding hydrogens is 332 g/mol. The minimum atomic E-state index is -0.369. The second kappa shape index (κ2) is 9.46. The molecule has 6 nitrogen and oxygen atoms in total. The molecule has 6 heteroatoms. The molecule has 2 rings (SSSR count). The van der Waals surface area contributed by atoms with Crippen LogP contribution in [0.1, 0.15) is 30.5 Å². The molecule has 2 amide bonds. The Bertz CT molecular complexity index is 747. The van der Waals surface area contributed by atoms with Crippen LogP contribution in [-0.4, -0.2) is 26.0 Å². The molecule has 0 heterocycles. The summed E-state index contributed by atoms with van der Waals surface area (Å²) in [5.41, 5.74) is 1.73. The van der Waals surface area contributed by atoms with Crippen molar-refractivity contribution in [2.24, 2.45) is 0 Å². The predicted molar refractivity (Wildman–Crippen MR) is 99.0 cm³/mol. The second-order valence-corrected chi connectivity index (χ2v) is 5.82. The zero-order valence-electron chi connectivity index (χ0n) is 15.2. The largest absolute Gasteiger partial charge is 0.497 e. The summed E-state index contributed by atoms with van der Waals surface area (Å²) in [5.74, 6) is 0.992. The standard InChI is InChI=1S/C20H24N2O4/c1-14(23)22-18(15-7-5-4-6-8-15)12-20(24)21-13-16-9-10-17(25-2)11-19(16)26-3/h4-11,18H,12-13H2,1-3H3,(H,21,24)(H,22,23). The summed E-state index contributed by atoms with van der Waals surface area (Å²) in [6.07, 6.45) is 0.155. The van der Waals surface area contributed by atoms with Gasteiger partial charge in [-0.1, -0.05) is 30.3 Å². The Kier molecular flexibility index (Phi) is 7.02. The lowest BCUT2D eigenvalue weighted by Gasteiger charge is -2.18. The van der Waals surface area contributed by atoms with E-state index in [1.807, 2.05) is 42.5 Å². The summed E-state index contributed by atoms with van der Waals surface area (Å²) in [6.45, 7) is 1.77. The molecule has 0 radical (unpaired) electrons. The van der Waals surface area contributed by atoms with Crippen LogP contribution >= 0.6 is 0 Å². The van der Waals surface area contributed by atoms with Gasteiger partial charge in [0.2, 0.25) is 11.8 Å². The molecule has 0 bridgehead atoms. The maximum absolute atomic E-state index is 12.4. The topological polar surface area (TPSA) is 76.7 Å². The molecule has 0 aromatic heterocycles. The van der Waals surface area contributed by atoms with Crippen LogP contribution in [0.3, 0.4) is 0 Å². The first kappa shape index (κ1) is 19.3. The number of methoxy groups -OCH3 is 2. The number of nitrogens with one attached hydrogen (secondary N) is 2. The molecule has 0 saturated carbocycles. The molecule has 2 aromatic rings. The van der Waals surface area contributed by atoms with Crippen LogP contribution in [0.2, 0.25) is 0 Å². The Morgan fingerprint density at radius 3 is 2.38 bits per heavy atom. The third kappa shape index (κ3) is 5.51. The van der Waals surface area contributed by atoms with Gasteiger partial charge in [0.25, 0.3) is 0 Å². The van der Waals surface area contributed by atoms with Crippen molar-refractivity contribution in [1.29, 1.82) is 0 Å². The van der Waals surface area contributed by atoms with Crippen LogP contribution in [0.5, 0.6) is 11.5 Å². The van der Waals surface area contributed by atoms with E-state index in [1.165, 1.54) is 6.92 Å². The predicted octanol–water partition coefficient (Wildman–Crippen LogP) is 2.59. The summed E-state index contributed by atoms with van der Waals surface area (Å²) in [7, 11) is 3.16. The van der Waals surface area contributed by atoms with Crippen molar-refractivity contribution in [3.05, 3.63) is 59.7 Å². The van der Waals surface area contributed by atoms with Crippen molar-refractivity contribution < 1.29 is 19.1 Å². The Labute approximate surface area is 153 Å². The van der Waals surface area contributed by atoms with E-state index in [2.05, 4.69) is 10.6 Å². The molecule has 0 aliphatic heterocycles. The average Bonchev–Trinajstić information content (AvgIpc) is 2.66. The van der Waals surface area contributed by atoms with E-state index >= 15 is 0 Å². The zero-order chi connectivity index (χ0) is 18.9. The molecule has 1 unspecified atom stereocenters. The number of benzene rings is 2. The molecule has 0 fully saturated rings. The van der Waals surface area contributed by atoms with Gasteiger partial charge in [-0.15, -0.1) is 0 Å². The third-order valence-electron chi connectivity index (χ3n) is 3.94. The van der Waals surface area contributed by atoms with Crippen LogP contribution in [0, 0.1) is 0 Å². The SMILES string of the molecule is COc1ccc(CNC(=O)CC(NC(C)=O)c2ccccc2)c(OC)c1. The van der Waals surface area contributed by atoms with Gasteiger partial charge >= 0.3 is 0 Å². The van der Waals surface area contributed by atoms with Crippen molar-refractivity contribution >= 4 is 11.8 Å². The molecule has 138 valence electrons. The van der Waals surface area contributed by atoms with Gasteiger partial charge in [-0.05, 0) is 17.7 Å². The maximum atomic E-state index is 12.4. The lowest BCUT2D eigenvalue weighted by Crippen LogP contribution is -2.32. The normalized spacial score (nSPS) is 11.3. The zero-order valence-corrected chi connectivity index (χ0v) is 15.2. The Morgan fingerprint density at radius 1 is 1.04 bits per heavy atom. The van der Waals surface area contributed by atoms with Crippen molar-refractivity contribution in [1.82, 2.24) is 10.6 Å². The lowest BCUT2D eigenvalue weighted by atomic mass is 10.0. The smallest absolute Gasteiger partial charge is 0.222 e. The van der Waals surface area contributed by atoms with E-state index in [-0.39, 0.29) is 24.3 Å². The summed E-state index contributed by atoms with van der Waals surface area (Å²) in [4.78, 5) is 23.8. The van der Waals surface area contributed by atoms with E-state index < -0.39 is 0 Å². The molecule has 26 heavy (non-hydrogen) atoms. The van der Waals surface area contributed by atoms with Gasteiger partial charge in [-0.2, -0.15) is 0 Å². The van der Waals surface area contributed by atoms with E-state index in [0.717, 1.165) is 11.1 Å². The fraction of sp³-hybridized carbons (Fsp3) is 0.300. The number of carbonyl (C=O) groups excluding carboxylic acids is 2. The van der Waals surface area contributed by atoms with Gasteiger partial charge in [0, 0.05) is 25.1 Å². The Balaban J connectivity index is 2.01. The average molecular weight is 356 g/mol. The minimum Gasteiger partial charge on any atom is -0.497 e. The van der Waals surface area contributed by atoms with Gasteiger partial charge in [0.05, 0.1) is 26.7 Å². The first-order valence-electron chi connectivity index (χ1n) is 8.33. The molecule has 1 atom stereocenters. The highest BCUT2D eigenvalue weighted by atomic mass is 16.5. The minimum absolute atomic E-state index is 0.155.